The lowest BCUT2D eigenvalue weighted by Crippen LogP contribution is -2.46. The molecule has 0 amide bonds. The number of benzene rings is 2. The van der Waals surface area contributed by atoms with Gasteiger partial charge in [0.05, 0.1) is 4.92 Å². The van der Waals surface area contributed by atoms with Crippen LogP contribution in [0, 0.1) is 10.1 Å². The molecular formula is C19H18ClN5O2S. The van der Waals surface area contributed by atoms with Crippen molar-refractivity contribution in [3.8, 4) is 0 Å². The van der Waals surface area contributed by atoms with Crippen molar-refractivity contribution in [3.63, 3.8) is 0 Å². The minimum atomic E-state index is -0.376. The largest absolute Gasteiger partial charge is 0.368 e. The summed E-state index contributed by atoms with van der Waals surface area (Å²) in [5.41, 5.74) is 2.26. The molecule has 0 atom stereocenters. The Balaban J connectivity index is 1.35. The van der Waals surface area contributed by atoms with Crippen LogP contribution in [-0.4, -0.2) is 40.5 Å². The normalized spacial score (nSPS) is 14.3. The third-order valence-electron chi connectivity index (χ3n) is 4.71. The van der Waals surface area contributed by atoms with Crippen molar-refractivity contribution in [2.75, 3.05) is 36.0 Å². The molecule has 0 radical (unpaired) electrons. The fourth-order valence-electron chi connectivity index (χ4n) is 3.17. The number of nitrogens with zero attached hydrogens (tertiary/aromatic N) is 5. The molecular weight excluding hydrogens is 398 g/mol. The summed E-state index contributed by atoms with van der Waals surface area (Å²) in [6, 6.07) is 14.5. The van der Waals surface area contributed by atoms with E-state index in [2.05, 4.69) is 19.2 Å². The Bertz CT molecular complexity index is 953. The summed E-state index contributed by atoms with van der Waals surface area (Å²) in [7, 11) is 0. The van der Waals surface area contributed by atoms with Crippen LogP contribution in [0.1, 0.15) is 11.4 Å². The first-order valence-corrected chi connectivity index (χ1v) is 10.0. The molecule has 2 heterocycles. The van der Waals surface area contributed by atoms with E-state index in [1.807, 2.05) is 36.4 Å². The van der Waals surface area contributed by atoms with Gasteiger partial charge in [0.25, 0.3) is 5.69 Å². The van der Waals surface area contributed by atoms with Crippen LogP contribution in [0.5, 0.6) is 0 Å². The van der Waals surface area contributed by atoms with E-state index in [-0.39, 0.29) is 10.6 Å². The molecule has 1 saturated heterocycles. The average Bonchev–Trinajstić information content (AvgIpc) is 3.18. The SMILES string of the molecule is O=[N+]([O-])c1ccc(N2CCN(c3nc(Cc4ccc(Cl)cc4)ns3)CC2)cc1. The van der Waals surface area contributed by atoms with Crippen LogP contribution in [0.3, 0.4) is 0 Å². The molecule has 1 aliphatic heterocycles. The van der Waals surface area contributed by atoms with Gasteiger partial charge < -0.3 is 9.80 Å². The lowest BCUT2D eigenvalue weighted by Gasteiger charge is -2.35. The summed E-state index contributed by atoms with van der Waals surface area (Å²) in [6.45, 7) is 3.35. The van der Waals surface area contributed by atoms with E-state index in [0.29, 0.717) is 6.42 Å². The topological polar surface area (TPSA) is 75.4 Å². The third kappa shape index (κ3) is 4.23. The van der Waals surface area contributed by atoms with Crippen LogP contribution >= 0.6 is 23.1 Å². The van der Waals surface area contributed by atoms with Crippen LogP contribution in [-0.2, 0) is 6.42 Å². The van der Waals surface area contributed by atoms with Crippen LogP contribution in [0.15, 0.2) is 48.5 Å². The molecule has 0 bridgehead atoms. The Morgan fingerprint density at radius 3 is 2.29 bits per heavy atom. The first-order valence-electron chi connectivity index (χ1n) is 8.90. The van der Waals surface area contributed by atoms with Gasteiger partial charge in [0, 0.05) is 67.0 Å². The quantitative estimate of drug-likeness (QED) is 0.462. The van der Waals surface area contributed by atoms with E-state index in [1.165, 1.54) is 11.5 Å². The molecule has 144 valence electrons. The summed E-state index contributed by atoms with van der Waals surface area (Å²) < 4.78 is 4.49. The number of anilines is 2. The summed E-state index contributed by atoms with van der Waals surface area (Å²) in [5, 5.41) is 12.4. The van der Waals surface area contributed by atoms with Crippen molar-refractivity contribution in [3.05, 3.63) is 75.1 Å². The standard InChI is InChI=1S/C19H18ClN5O2S/c20-15-3-1-14(2-4-15)13-18-21-19(28-22-18)24-11-9-23(10-12-24)16-5-7-17(8-6-16)25(26)27/h1-8H,9-13H2. The molecule has 0 saturated carbocycles. The zero-order chi connectivity index (χ0) is 19.5. The Kier molecular flexibility index (Phi) is 5.40. The van der Waals surface area contributed by atoms with Crippen molar-refractivity contribution >= 4 is 39.6 Å². The Morgan fingerprint density at radius 1 is 1.00 bits per heavy atom. The highest BCUT2D eigenvalue weighted by molar-refractivity contribution is 7.09. The second kappa shape index (κ2) is 8.12. The predicted octanol–water partition coefficient (Wildman–Crippen LogP) is 4.02. The molecule has 2 aromatic carbocycles. The second-order valence-electron chi connectivity index (χ2n) is 6.54. The molecule has 3 aromatic rings. The number of nitro benzene ring substituents is 1. The summed E-state index contributed by atoms with van der Waals surface area (Å²) in [6.07, 6.45) is 0.691. The maximum atomic E-state index is 10.8. The van der Waals surface area contributed by atoms with Gasteiger partial charge in [-0.1, -0.05) is 23.7 Å². The number of rotatable bonds is 5. The smallest absolute Gasteiger partial charge is 0.269 e. The van der Waals surface area contributed by atoms with Crippen molar-refractivity contribution < 1.29 is 4.92 Å². The van der Waals surface area contributed by atoms with Gasteiger partial charge in [0.1, 0.15) is 5.82 Å². The van der Waals surface area contributed by atoms with Crippen LogP contribution < -0.4 is 9.80 Å². The molecule has 0 aliphatic carbocycles. The van der Waals surface area contributed by atoms with E-state index < -0.39 is 0 Å². The highest BCUT2D eigenvalue weighted by Gasteiger charge is 2.21. The molecule has 0 unspecified atom stereocenters. The van der Waals surface area contributed by atoms with Crippen molar-refractivity contribution in [1.82, 2.24) is 9.36 Å². The van der Waals surface area contributed by atoms with Crippen LogP contribution in [0.2, 0.25) is 5.02 Å². The van der Waals surface area contributed by atoms with Crippen LogP contribution in [0.25, 0.3) is 0 Å². The molecule has 1 aromatic heterocycles. The molecule has 1 fully saturated rings. The Morgan fingerprint density at radius 2 is 1.64 bits per heavy atom. The van der Waals surface area contributed by atoms with Gasteiger partial charge in [-0.05, 0) is 29.8 Å². The van der Waals surface area contributed by atoms with E-state index in [9.17, 15) is 10.1 Å². The lowest BCUT2D eigenvalue weighted by molar-refractivity contribution is -0.384. The molecule has 9 heteroatoms. The summed E-state index contributed by atoms with van der Waals surface area (Å²) >= 11 is 7.35. The minimum Gasteiger partial charge on any atom is -0.368 e. The molecule has 28 heavy (non-hydrogen) atoms. The number of aromatic nitrogens is 2. The number of hydrogen-bond donors (Lipinski definition) is 0. The monoisotopic (exact) mass is 415 g/mol. The van der Waals surface area contributed by atoms with Crippen molar-refractivity contribution in [1.29, 1.82) is 0 Å². The lowest BCUT2D eigenvalue weighted by atomic mass is 10.1. The molecule has 7 nitrogen and oxygen atoms in total. The minimum absolute atomic E-state index is 0.115. The number of nitro groups is 1. The zero-order valence-corrected chi connectivity index (χ0v) is 16.6. The maximum Gasteiger partial charge on any atom is 0.269 e. The second-order valence-corrected chi connectivity index (χ2v) is 7.71. The van der Waals surface area contributed by atoms with E-state index >= 15 is 0 Å². The fourth-order valence-corrected chi connectivity index (χ4v) is 4.03. The Hall–Kier alpha value is -2.71. The predicted molar refractivity (Wildman–Crippen MR) is 112 cm³/mol. The van der Waals surface area contributed by atoms with Crippen molar-refractivity contribution in [2.45, 2.75) is 6.42 Å². The first kappa shape index (κ1) is 18.6. The van der Waals surface area contributed by atoms with Crippen molar-refractivity contribution in [2.24, 2.45) is 0 Å². The summed E-state index contributed by atoms with van der Waals surface area (Å²) in [4.78, 5) is 19.6. The summed E-state index contributed by atoms with van der Waals surface area (Å²) in [5.74, 6) is 0.820. The van der Waals surface area contributed by atoms with Gasteiger partial charge in [-0.2, -0.15) is 4.37 Å². The average molecular weight is 416 g/mol. The van der Waals surface area contributed by atoms with Gasteiger partial charge in [-0.15, -0.1) is 0 Å². The van der Waals surface area contributed by atoms with Gasteiger partial charge in [-0.25, -0.2) is 4.98 Å². The highest BCUT2D eigenvalue weighted by atomic mass is 35.5. The third-order valence-corrected chi connectivity index (χ3v) is 5.78. The molecule has 4 rings (SSSR count). The molecule has 0 N–H and O–H groups in total. The van der Waals surface area contributed by atoms with E-state index in [1.54, 1.807) is 12.1 Å². The number of halogens is 1. The molecule has 0 spiro atoms. The number of piperazine rings is 1. The Labute approximate surface area is 171 Å². The number of hydrogen-bond acceptors (Lipinski definition) is 7. The van der Waals surface area contributed by atoms with E-state index in [4.69, 9.17) is 11.6 Å². The molecule has 1 aliphatic rings. The maximum absolute atomic E-state index is 10.8. The zero-order valence-electron chi connectivity index (χ0n) is 15.0. The van der Waals surface area contributed by atoms with Gasteiger partial charge in [-0.3, -0.25) is 10.1 Å². The highest BCUT2D eigenvalue weighted by Crippen LogP contribution is 2.24. The first-order chi connectivity index (χ1) is 13.6. The van der Waals surface area contributed by atoms with Gasteiger partial charge in [0.2, 0.25) is 5.13 Å². The van der Waals surface area contributed by atoms with Gasteiger partial charge in [0.15, 0.2) is 0 Å². The van der Waals surface area contributed by atoms with Crippen LogP contribution in [0.4, 0.5) is 16.5 Å². The van der Waals surface area contributed by atoms with Gasteiger partial charge >= 0.3 is 0 Å². The fraction of sp³-hybridized carbons (Fsp3) is 0.263. The number of non-ortho nitro benzene ring substituents is 1. The van der Waals surface area contributed by atoms with E-state index in [0.717, 1.165) is 53.4 Å².